The number of pyridine rings is 1. The smallest absolute Gasteiger partial charge is 0.255 e. The van der Waals surface area contributed by atoms with Crippen LogP contribution in [0.2, 0.25) is 5.02 Å². The van der Waals surface area contributed by atoms with Crippen molar-refractivity contribution in [2.45, 2.75) is 6.92 Å². The van der Waals surface area contributed by atoms with Crippen LogP contribution in [0.25, 0.3) is 0 Å². The molecule has 132 valence electrons. The average molecular weight is 368 g/mol. The zero-order chi connectivity index (χ0) is 18.5. The Hall–Kier alpha value is -3.05. The Balaban J connectivity index is 1.75. The second kappa shape index (κ2) is 7.89. The number of amides is 1. The molecule has 1 heterocycles. The van der Waals surface area contributed by atoms with Gasteiger partial charge in [0.1, 0.15) is 11.6 Å². The molecule has 0 aliphatic heterocycles. The Morgan fingerprint density at radius 3 is 2.58 bits per heavy atom. The van der Waals surface area contributed by atoms with E-state index in [1.165, 1.54) is 0 Å². The Labute approximate surface area is 157 Å². The maximum Gasteiger partial charge on any atom is 0.255 e. The summed E-state index contributed by atoms with van der Waals surface area (Å²) in [5.74, 6) is 1.12. The summed E-state index contributed by atoms with van der Waals surface area (Å²) in [6, 6.07) is 16.2. The number of hydrogen-bond donors (Lipinski definition) is 2. The number of benzene rings is 2. The van der Waals surface area contributed by atoms with Crippen LogP contribution in [0.5, 0.6) is 5.75 Å². The van der Waals surface area contributed by atoms with Gasteiger partial charge in [0.25, 0.3) is 5.91 Å². The van der Waals surface area contributed by atoms with Crippen molar-refractivity contribution < 1.29 is 9.53 Å². The molecule has 3 aromatic rings. The molecule has 0 saturated carbocycles. The number of nitrogens with zero attached hydrogens (tertiary/aromatic N) is 1. The molecule has 2 N–H and O–H groups in total. The van der Waals surface area contributed by atoms with E-state index in [0.717, 1.165) is 17.0 Å². The van der Waals surface area contributed by atoms with E-state index < -0.39 is 0 Å². The standard InChI is InChI=1S/C20H18ClN3O2/c1-13-3-4-15(21)12-18(13)24-20(25)14-9-10-22-19(11-14)23-16-5-7-17(26-2)8-6-16/h3-12H,1-2H3,(H,22,23)(H,24,25). The van der Waals surface area contributed by atoms with Gasteiger partial charge in [-0.3, -0.25) is 4.79 Å². The molecule has 0 unspecified atom stereocenters. The molecule has 0 aliphatic carbocycles. The van der Waals surface area contributed by atoms with Gasteiger partial charge in [0.15, 0.2) is 0 Å². The summed E-state index contributed by atoms with van der Waals surface area (Å²) in [6.07, 6.45) is 1.59. The topological polar surface area (TPSA) is 63.2 Å². The number of ether oxygens (including phenoxy) is 1. The molecular weight excluding hydrogens is 350 g/mol. The van der Waals surface area contributed by atoms with Gasteiger partial charge >= 0.3 is 0 Å². The lowest BCUT2D eigenvalue weighted by molar-refractivity contribution is 0.102. The van der Waals surface area contributed by atoms with Gasteiger partial charge in [0.2, 0.25) is 0 Å². The van der Waals surface area contributed by atoms with Gasteiger partial charge < -0.3 is 15.4 Å². The third-order valence-corrected chi connectivity index (χ3v) is 4.07. The number of rotatable bonds is 5. The van der Waals surface area contributed by atoms with Crippen molar-refractivity contribution in [3.63, 3.8) is 0 Å². The monoisotopic (exact) mass is 367 g/mol. The van der Waals surface area contributed by atoms with Crippen LogP contribution in [0.1, 0.15) is 15.9 Å². The number of aryl methyl sites for hydroxylation is 1. The Kier molecular flexibility index (Phi) is 5.39. The van der Waals surface area contributed by atoms with Crippen LogP contribution in [0.4, 0.5) is 17.2 Å². The van der Waals surface area contributed by atoms with Gasteiger partial charge in [0, 0.05) is 28.2 Å². The summed E-state index contributed by atoms with van der Waals surface area (Å²) < 4.78 is 5.14. The SMILES string of the molecule is COc1ccc(Nc2cc(C(=O)Nc3cc(Cl)ccc3C)ccn2)cc1. The fraction of sp³-hybridized carbons (Fsp3) is 0.100. The first-order valence-electron chi connectivity index (χ1n) is 8.00. The second-order valence-corrected chi connectivity index (χ2v) is 6.13. The Morgan fingerprint density at radius 1 is 1.08 bits per heavy atom. The lowest BCUT2D eigenvalue weighted by Crippen LogP contribution is -2.13. The summed E-state index contributed by atoms with van der Waals surface area (Å²) >= 11 is 6.00. The van der Waals surface area contributed by atoms with Gasteiger partial charge in [0.05, 0.1) is 7.11 Å². The van der Waals surface area contributed by atoms with E-state index in [1.807, 2.05) is 37.3 Å². The fourth-order valence-electron chi connectivity index (χ4n) is 2.39. The normalized spacial score (nSPS) is 10.3. The number of methoxy groups -OCH3 is 1. The van der Waals surface area contributed by atoms with Gasteiger partial charge in [-0.05, 0) is 61.0 Å². The molecule has 2 aromatic carbocycles. The minimum Gasteiger partial charge on any atom is -0.497 e. The van der Waals surface area contributed by atoms with Crippen LogP contribution in [0, 0.1) is 6.92 Å². The molecule has 1 aromatic heterocycles. The van der Waals surface area contributed by atoms with E-state index in [1.54, 1.807) is 37.6 Å². The summed E-state index contributed by atoms with van der Waals surface area (Å²) in [5, 5.41) is 6.62. The molecule has 0 atom stereocenters. The predicted molar refractivity (Wildman–Crippen MR) is 105 cm³/mol. The van der Waals surface area contributed by atoms with Crippen LogP contribution in [0.3, 0.4) is 0 Å². The van der Waals surface area contributed by atoms with E-state index in [4.69, 9.17) is 16.3 Å². The molecule has 0 aliphatic rings. The summed E-state index contributed by atoms with van der Waals surface area (Å²) in [4.78, 5) is 16.8. The van der Waals surface area contributed by atoms with Crippen molar-refractivity contribution in [3.8, 4) is 5.75 Å². The van der Waals surface area contributed by atoms with Gasteiger partial charge in [-0.15, -0.1) is 0 Å². The van der Waals surface area contributed by atoms with Crippen molar-refractivity contribution in [1.29, 1.82) is 0 Å². The largest absolute Gasteiger partial charge is 0.497 e. The molecule has 0 fully saturated rings. The highest BCUT2D eigenvalue weighted by molar-refractivity contribution is 6.31. The van der Waals surface area contributed by atoms with E-state index in [2.05, 4.69) is 15.6 Å². The van der Waals surface area contributed by atoms with Crippen LogP contribution in [0.15, 0.2) is 60.8 Å². The Morgan fingerprint density at radius 2 is 1.85 bits per heavy atom. The molecule has 0 spiro atoms. The second-order valence-electron chi connectivity index (χ2n) is 5.70. The first-order valence-corrected chi connectivity index (χ1v) is 8.37. The van der Waals surface area contributed by atoms with Gasteiger partial charge in [-0.25, -0.2) is 4.98 Å². The average Bonchev–Trinajstić information content (AvgIpc) is 2.65. The molecule has 26 heavy (non-hydrogen) atoms. The van der Waals surface area contributed by atoms with Gasteiger partial charge in [-0.2, -0.15) is 0 Å². The minimum absolute atomic E-state index is 0.226. The fourth-order valence-corrected chi connectivity index (χ4v) is 2.56. The number of nitrogens with one attached hydrogen (secondary N) is 2. The van der Waals surface area contributed by atoms with Crippen LogP contribution >= 0.6 is 11.6 Å². The number of carbonyl (C=O) groups is 1. The predicted octanol–water partition coefficient (Wildman–Crippen LogP) is 5.05. The van der Waals surface area contributed by atoms with Crippen molar-refractivity contribution in [1.82, 2.24) is 4.98 Å². The first-order chi connectivity index (χ1) is 12.5. The third kappa shape index (κ3) is 4.32. The lowest BCUT2D eigenvalue weighted by atomic mass is 10.2. The van der Waals surface area contributed by atoms with Crippen LogP contribution in [-0.2, 0) is 0 Å². The lowest BCUT2D eigenvalue weighted by Gasteiger charge is -2.10. The van der Waals surface area contributed by atoms with Crippen LogP contribution < -0.4 is 15.4 Å². The van der Waals surface area contributed by atoms with Gasteiger partial charge in [-0.1, -0.05) is 17.7 Å². The number of anilines is 3. The molecule has 0 radical (unpaired) electrons. The Bertz CT molecular complexity index is 927. The molecule has 0 saturated heterocycles. The van der Waals surface area contributed by atoms with Crippen molar-refractivity contribution in [3.05, 3.63) is 76.9 Å². The zero-order valence-electron chi connectivity index (χ0n) is 14.4. The maximum atomic E-state index is 12.5. The molecule has 1 amide bonds. The summed E-state index contributed by atoms with van der Waals surface area (Å²) in [7, 11) is 1.62. The van der Waals surface area contributed by atoms with Crippen LogP contribution in [-0.4, -0.2) is 18.0 Å². The van der Waals surface area contributed by atoms with Crippen molar-refractivity contribution in [2.24, 2.45) is 0 Å². The number of carbonyl (C=O) groups excluding carboxylic acids is 1. The highest BCUT2D eigenvalue weighted by atomic mass is 35.5. The van der Waals surface area contributed by atoms with Crippen molar-refractivity contribution in [2.75, 3.05) is 17.7 Å². The maximum absolute atomic E-state index is 12.5. The first kappa shape index (κ1) is 17.8. The molecule has 3 rings (SSSR count). The minimum atomic E-state index is -0.226. The van der Waals surface area contributed by atoms with E-state index >= 15 is 0 Å². The number of halogens is 1. The highest BCUT2D eigenvalue weighted by Gasteiger charge is 2.10. The highest BCUT2D eigenvalue weighted by Crippen LogP contribution is 2.22. The zero-order valence-corrected chi connectivity index (χ0v) is 15.2. The quantitative estimate of drug-likeness (QED) is 0.662. The van der Waals surface area contributed by atoms with E-state index in [-0.39, 0.29) is 5.91 Å². The third-order valence-electron chi connectivity index (χ3n) is 3.83. The molecule has 5 nitrogen and oxygen atoms in total. The van der Waals surface area contributed by atoms with Crippen molar-refractivity contribution >= 4 is 34.7 Å². The molecule has 6 heteroatoms. The number of aromatic nitrogens is 1. The number of hydrogen-bond acceptors (Lipinski definition) is 4. The molecule has 0 bridgehead atoms. The van der Waals surface area contributed by atoms with E-state index in [0.29, 0.717) is 22.1 Å². The summed E-state index contributed by atoms with van der Waals surface area (Å²) in [6.45, 7) is 1.91. The summed E-state index contributed by atoms with van der Waals surface area (Å²) in [5.41, 5.74) is 2.97. The molecular formula is C20H18ClN3O2. The van der Waals surface area contributed by atoms with E-state index in [9.17, 15) is 4.79 Å².